The maximum atomic E-state index is 11.3. The van der Waals surface area contributed by atoms with Crippen molar-refractivity contribution in [3.8, 4) is 0 Å². The largest absolute Gasteiger partial charge is 0.550 e. The monoisotopic (exact) mass is 320 g/mol. The van der Waals surface area contributed by atoms with Gasteiger partial charge < -0.3 is 14.9 Å². The van der Waals surface area contributed by atoms with Gasteiger partial charge >= 0.3 is 0 Å². The molecule has 0 unspecified atom stereocenters. The summed E-state index contributed by atoms with van der Waals surface area (Å²) in [7, 11) is 0. The number of benzene rings is 2. The second-order valence-electron chi connectivity index (χ2n) is 7.29. The topological polar surface area (TPSA) is 55.9 Å². The molecule has 3 nitrogen and oxygen atoms in total. The lowest BCUT2D eigenvalue weighted by molar-refractivity contribution is -0.305. The predicted molar refractivity (Wildman–Crippen MR) is 94.9 cm³/mol. The van der Waals surface area contributed by atoms with E-state index in [1.807, 2.05) is 42.6 Å². The van der Waals surface area contributed by atoms with Crippen LogP contribution in [0.2, 0.25) is 0 Å². The number of aromatic nitrogens is 1. The van der Waals surface area contributed by atoms with Gasteiger partial charge in [-0.05, 0) is 34.6 Å². The highest BCUT2D eigenvalue weighted by molar-refractivity contribution is 5.85. The number of hydrogen-bond donors (Lipinski definition) is 1. The third-order valence-electron chi connectivity index (χ3n) is 4.55. The van der Waals surface area contributed by atoms with Crippen LogP contribution in [0.4, 0.5) is 0 Å². The molecule has 0 aliphatic heterocycles. The molecule has 1 atom stereocenters. The Labute approximate surface area is 142 Å². The summed E-state index contributed by atoms with van der Waals surface area (Å²) in [5.41, 5.74) is 4.32. The van der Waals surface area contributed by atoms with Gasteiger partial charge in [-0.1, -0.05) is 63.2 Å². The van der Waals surface area contributed by atoms with Crippen molar-refractivity contribution in [2.24, 2.45) is 0 Å². The van der Waals surface area contributed by atoms with Gasteiger partial charge in [0, 0.05) is 29.0 Å². The second kappa shape index (κ2) is 6.16. The minimum absolute atomic E-state index is 0.0310. The fourth-order valence-corrected chi connectivity index (χ4v) is 3.17. The lowest BCUT2D eigenvalue weighted by Gasteiger charge is -2.22. The first kappa shape index (κ1) is 16.3. The molecule has 0 saturated carbocycles. The van der Waals surface area contributed by atoms with Crippen molar-refractivity contribution in [2.45, 2.75) is 38.5 Å². The molecule has 1 aromatic heterocycles. The zero-order chi connectivity index (χ0) is 17.3. The second-order valence-corrected chi connectivity index (χ2v) is 7.29. The predicted octanol–water partition coefficient (Wildman–Crippen LogP) is 3.74. The summed E-state index contributed by atoms with van der Waals surface area (Å²) in [6.45, 7) is 6.50. The molecule has 3 heteroatoms. The molecule has 0 fully saturated rings. The molecule has 124 valence electrons. The number of H-pyrrole nitrogens is 1. The molecule has 3 aromatic rings. The molecule has 0 spiro atoms. The first-order valence-corrected chi connectivity index (χ1v) is 8.22. The highest BCUT2D eigenvalue weighted by Crippen LogP contribution is 2.34. The summed E-state index contributed by atoms with van der Waals surface area (Å²) in [6.07, 6.45) is 1.88. The summed E-state index contributed by atoms with van der Waals surface area (Å²) in [4.78, 5) is 14.6. The van der Waals surface area contributed by atoms with Crippen LogP contribution in [0.3, 0.4) is 0 Å². The Balaban J connectivity index is 2.05. The van der Waals surface area contributed by atoms with E-state index in [0.29, 0.717) is 0 Å². The van der Waals surface area contributed by atoms with Crippen LogP contribution in [-0.4, -0.2) is 11.0 Å². The first-order chi connectivity index (χ1) is 11.4. The maximum Gasteiger partial charge on any atom is 0.0457 e. The number of carbonyl (C=O) groups excluding carboxylic acids is 1. The first-order valence-electron chi connectivity index (χ1n) is 8.22. The van der Waals surface area contributed by atoms with E-state index in [1.54, 1.807) is 0 Å². The summed E-state index contributed by atoms with van der Waals surface area (Å²) < 4.78 is 0. The quantitative estimate of drug-likeness (QED) is 0.796. The summed E-state index contributed by atoms with van der Waals surface area (Å²) in [6, 6.07) is 16.2. The average Bonchev–Trinajstić information content (AvgIpc) is 2.96. The van der Waals surface area contributed by atoms with E-state index in [1.165, 1.54) is 5.56 Å². The standard InChI is InChI=1S/C21H23NO2/c1-21(2,3)15-10-8-14(9-11-15)17(12-20(23)24)18-13-22-19-7-5-4-6-16(18)19/h4-11,13,17,22H,12H2,1-3H3,(H,23,24)/p-1/t17-/m0/s1. The molecule has 3 rings (SSSR count). The number of hydrogen-bond acceptors (Lipinski definition) is 2. The van der Waals surface area contributed by atoms with Gasteiger partial charge in [-0.3, -0.25) is 0 Å². The average molecular weight is 320 g/mol. The van der Waals surface area contributed by atoms with Crippen LogP contribution in [0.5, 0.6) is 0 Å². The summed E-state index contributed by atoms with van der Waals surface area (Å²) in [5.74, 6) is -1.26. The van der Waals surface area contributed by atoms with E-state index in [-0.39, 0.29) is 17.8 Å². The Hall–Kier alpha value is -2.55. The number of carboxylic acid groups (broad SMARTS) is 1. The number of rotatable bonds is 4. The Morgan fingerprint density at radius 1 is 1.08 bits per heavy atom. The van der Waals surface area contributed by atoms with Crippen molar-refractivity contribution in [1.82, 2.24) is 4.98 Å². The lowest BCUT2D eigenvalue weighted by atomic mass is 9.83. The van der Waals surface area contributed by atoms with Crippen molar-refractivity contribution in [3.63, 3.8) is 0 Å². The van der Waals surface area contributed by atoms with Crippen LogP contribution in [0.25, 0.3) is 10.9 Å². The normalized spacial score (nSPS) is 13.1. The van der Waals surface area contributed by atoms with E-state index in [9.17, 15) is 9.90 Å². The molecule has 0 saturated heterocycles. The van der Waals surface area contributed by atoms with Crippen LogP contribution in [0.1, 0.15) is 49.8 Å². The van der Waals surface area contributed by atoms with E-state index in [0.717, 1.165) is 22.0 Å². The zero-order valence-electron chi connectivity index (χ0n) is 14.3. The summed E-state index contributed by atoms with van der Waals surface area (Å²) in [5, 5.41) is 12.4. The third kappa shape index (κ3) is 3.21. The van der Waals surface area contributed by atoms with Gasteiger partial charge in [0.25, 0.3) is 0 Å². The van der Waals surface area contributed by atoms with Crippen molar-refractivity contribution in [2.75, 3.05) is 0 Å². The van der Waals surface area contributed by atoms with Crippen LogP contribution in [0, 0.1) is 0 Å². The summed E-state index contributed by atoms with van der Waals surface area (Å²) >= 11 is 0. The van der Waals surface area contributed by atoms with Crippen molar-refractivity contribution >= 4 is 16.9 Å². The fourth-order valence-electron chi connectivity index (χ4n) is 3.17. The fraction of sp³-hybridized carbons (Fsp3) is 0.286. The number of nitrogens with one attached hydrogen (secondary N) is 1. The zero-order valence-corrected chi connectivity index (χ0v) is 14.3. The van der Waals surface area contributed by atoms with Crippen LogP contribution >= 0.6 is 0 Å². The van der Waals surface area contributed by atoms with Gasteiger partial charge in [-0.25, -0.2) is 0 Å². The van der Waals surface area contributed by atoms with Crippen molar-refractivity contribution in [3.05, 3.63) is 71.4 Å². The van der Waals surface area contributed by atoms with Gasteiger partial charge in [-0.15, -0.1) is 0 Å². The maximum absolute atomic E-state index is 11.3. The van der Waals surface area contributed by atoms with Crippen molar-refractivity contribution < 1.29 is 9.90 Å². The van der Waals surface area contributed by atoms with E-state index >= 15 is 0 Å². The minimum atomic E-state index is -1.04. The van der Waals surface area contributed by atoms with E-state index in [2.05, 4.69) is 37.9 Å². The van der Waals surface area contributed by atoms with Crippen LogP contribution < -0.4 is 5.11 Å². The Kier molecular flexibility index (Phi) is 4.18. The molecule has 0 aliphatic carbocycles. The molecular weight excluding hydrogens is 298 g/mol. The molecule has 0 aliphatic rings. The number of aromatic amines is 1. The SMILES string of the molecule is CC(C)(C)c1ccc([C@H](CC(=O)[O-])c2c[nH]c3ccccc23)cc1. The van der Waals surface area contributed by atoms with Gasteiger partial charge in [0.2, 0.25) is 0 Å². The smallest absolute Gasteiger partial charge is 0.0457 e. The molecule has 0 bridgehead atoms. The molecule has 0 radical (unpaired) electrons. The molecular formula is C21H22NO2-. The number of para-hydroxylation sites is 1. The minimum Gasteiger partial charge on any atom is -0.550 e. The third-order valence-corrected chi connectivity index (χ3v) is 4.55. The van der Waals surface area contributed by atoms with Crippen molar-refractivity contribution in [1.29, 1.82) is 0 Å². The van der Waals surface area contributed by atoms with E-state index in [4.69, 9.17) is 0 Å². The van der Waals surface area contributed by atoms with Crippen LogP contribution in [0.15, 0.2) is 54.7 Å². The van der Waals surface area contributed by atoms with Gasteiger partial charge in [0.05, 0.1) is 0 Å². The Morgan fingerprint density at radius 2 is 1.75 bits per heavy atom. The molecule has 1 N–H and O–H groups in total. The van der Waals surface area contributed by atoms with Gasteiger partial charge in [0.15, 0.2) is 0 Å². The van der Waals surface area contributed by atoms with Gasteiger partial charge in [0.1, 0.15) is 0 Å². The molecule has 2 aromatic carbocycles. The Morgan fingerprint density at radius 3 is 2.38 bits per heavy atom. The molecule has 0 amide bonds. The highest BCUT2D eigenvalue weighted by Gasteiger charge is 2.20. The molecule has 24 heavy (non-hydrogen) atoms. The van der Waals surface area contributed by atoms with Gasteiger partial charge in [-0.2, -0.15) is 0 Å². The van der Waals surface area contributed by atoms with E-state index < -0.39 is 5.97 Å². The number of carboxylic acids is 1. The van der Waals surface area contributed by atoms with Crippen LogP contribution in [-0.2, 0) is 10.2 Å². The number of carbonyl (C=O) groups is 1. The molecule has 1 heterocycles. The highest BCUT2D eigenvalue weighted by atomic mass is 16.4. The Bertz CT molecular complexity index is 853. The lowest BCUT2D eigenvalue weighted by Crippen LogP contribution is -2.25. The number of fused-ring (bicyclic) bond motifs is 1. The number of aliphatic carboxylic acids is 1.